The van der Waals surface area contributed by atoms with Gasteiger partial charge in [0.1, 0.15) is 0 Å². The third-order valence-corrected chi connectivity index (χ3v) is 2.17. The Morgan fingerprint density at radius 1 is 1.46 bits per heavy atom. The topological polar surface area (TPSA) is 109 Å². The molecule has 13 heavy (non-hydrogen) atoms. The minimum absolute atomic E-state index is 0.238. The number of nitrogens with two attached hydrogens (primary N) is 3. The molecule has 0 aliphatic carbocycles. The number of aromatic nitrogens is 3. The number of nitrogens with zero attached hydrogens (tertiary/aromatic N) is 3. The fourth-order valence-corrected chi connectivity index (χ4v) is 1.13. The number of nitrogen functional groups attached to an aromatic ring is 2. The Kier molecular flexibility index (Phi) is 3.07. The lowest BCUT2D eigenvalue weighted by molar-refractivity contribution is 0.499. The molecule has 6 N–H and O–H groups in total. The summed E-state index contributed by atoms with van der Waals surface area (Å²) in [5.41, 5.74) is 11.0. The molecule has 0 bridgehead atoms. The van der Waals surface area contributed by atoms with Gasteiger partial charge < -0.3 is 17.3 Å². The first kappa shape index (κ1) is 9.79. The summed E-state index contributed by atoms with van der Waals surface area (Å²) in [6.45, 7) is 2.71. The van der Waals surface area contributed by atoms with E-state index in [1.807, 2.05) is 0 Å². The molecule has 0 aliphatic heterocycles. The third kappa shape index (κ3) is 2.09. The monoisotopic (exact) mass is 184 g/mol. The van der Waals surface area contributed by atoms with Crippen LogP contribution in [-0.4, -0.2) is 21.4 Å². The first-order chi connectivity index (χ1) is 6.19. The van der Waals surface area contributed by atoms with E-state index in [1.165, 1.54) is 4.68 Å². The van der Waals surface area contributed by atoms with Crippen LogP contribution in [0, 0.1) is 5.92 Å². The molecular formula is C7H16N6. The minimum atomic E-state index is 0.238. The van der Waals surface area contributed by atoms with Gasteiger partial charge in [-0.2, -0.15) is 0 Å². The predicted octanol–water partition coefficient (Wildman–Crippen LogP) is -0.898. The van der Waals surface area contributed by atoms with Crippen LogP contribution in [0.4, 0.5) is 5.95 Å². The molecular weight excluding hydrogens is 168 g/mol. The summed E-state index contributed by atoms with van der Waals surface area (Å²) in [5.74, 6) is 6.91. The molecule has 0 aromatic carbocycles. The van der Waals surface area contributed by atoms with Crippen molar-refractivity contribution in [3.63, 3.8) is 0 Å². The van der Waals surface area contributed by atoms with E-state index in [1.54, 1.807) is 0 Å². The van der Waals surface area contributed by atoms with E-state index in [2.05, 4.69) is 17.1 Å². The van der Waals surface area contributed by atoms with Gasteiger partial charge in [0.05, 0.1) is 0 Å². The lowest BCUT2D eigenvalue weighted by Gasteiger charge is -2.10. The molecule has 1 aromatic rings. The van der Waals surface area contributed by atoms with Crippen LogP contribution in [0.2, 0.25) is 0 Å². The Bertz CT molecular complexity index is 264. The molecule has 0 amide bonds. The van der Waals surface area contributed by atoms with Crippen LogP contribution in [0.15, 0.2) is 0 Å². The van der Waals surface area contributed by atoms with E-state index < -0.39 is 0 Å². The second kappa shape index (κ2) is 4.08. The average Bonchev–Trinajstić information content (AvgIpc) is 2.45. The second-order valence-corrected chi connectivity index (χ2v) is 3.06. The fraction of sp³-hybridized carbons (Fsp3) is 0.714. The van der Waals surface area contributed by atoms with Crippen molar-refractivity contribution in [1.29, 1.82) is 0 Å². The molecule has 1 heterocycles. The maximum absolute atomic E-state index is 5.59. The number of hydrogen-bond donors (Lipinski definition) is 3. The lowest BCUT2D eigenvalue weighted by atomic mass is 10.0. The van der Waals surface area contributed by atoms with Crippen molar-refractivity contribution in [2.24, 2.45) is 11.7 Å². The highest BCUT2D eigenvalue weighted by molar-refractivity contribution is 5.17. The summed E-state index contributed by atoms with van der Waals surface area (Å²) in [6.07, 6.45) is 1.73. The zero-order chi connectivity index (χ0) is 9.84. The van der Waals surface area contributed by atoms with E-state index in [0.29, 0.717) is 18.3 Å². The van der Waals surface area contributed by atoms with Crippen LogP contribution in [-0.2, 0) is 6.42 Å². The standard InChI is InChI=1S/C7H16N6/c1-2-5(4-8)3-6-11-12-7(9)13(6)10/h5H,2-4,8,10H2,1H3,(H2,9,12). The van der Waals surface area contributed by atoms with E-state index in [4.69, 9.17) is 17.3 Å². The Balaban J connectivity index is 2.67. The molecule has 0 aliphatic rings. The highest BCUT2D eigenvalue weighted by atomic mass is 15.4. The first-order valence-electron chi connectivity index (χ1n) is 4.33. The van der Waals surface area contributed by atoms with Gasteiger partial charge in [-0.15, -0.1) is 10.2 Å². The highest BCUT2D eigenvalue weighted by Gasteiger charge is 2.11. The van der Waals surface area contributed by atoms with Gasteiger partial charge in [0.25, 0.3) is 0 Å². The fourth-order valence-electron chi connectivity index (χ4n) is 1.13. The average molecular weight is 184 g/mol. The second-order valence-electron chi connectivity index (χ2n) is 3.06. The van der Waals surface area contributed by atoms with Crippen LogP contribution >= 0.6 is 0 Å². The molecule has 6 nitrogen and oxygen atoms in total. The van der Waals surface area contributed by atoms with Crippen molar-refractivity contribution < 1.29 is 0 Å². The van der Waals surface area contributed by atoms with E-state index >= 15 is 0 Å². The summed E-state index contributed by atoms with van der Waals surface area (Å²) >= 11 is 0. The molecule has 1 rings (SSSR count). The SMILES string of the molecule is CCC(CN)Cc1nnc(N)n1N. The van der Waals surface area contributed by atoms with Crippen molar-refractivity contribution in [2.75, 3.05) is 18.1 Å². The van der Waals surface area contributed by atoms with Gasteiger partial charge in [-0.05, 0) is 12.5 Å². The molecule has 0 saturated carbocycles. The molecule has 0 spiro atoms. The molecule has 1 atom stereocenters. The highest BCUT2D eigenvalue weighted by Crippen LogP contribution is 2.09. The molecule has 0 fully saturated rings. The van der Waals surface area contributed by atoms with Crippen molar-refractivity contribution in [3.8, 4) is 0 Å². The van der Waals surface area contributed by atoms with Crippen LogP contribution in [0.25, 0.3) is 0 Å². The normalized spacial score (nSPS) is 13.1. The quantitative estimate of drug-likeness (QED) is 0.525. The third-order valence-electron chi connectivity index (χ3n) is 2.17. The minimum Gasteiger partial charge on any atom is -0.366 e. The Labute approximate surface area is 77.1 Å². The summed E-state index contributed by atoms with van der Waals surface area (Å²) in [6, 6.07) is 0. The van der Waals surface area contributed by atoms with Crippen LogP contribution in [0.5, 0.6) is 0 Å². The number of anilines is 1. The number of hydrogen-bond acceptors (Lipinski definition) is 5. The maximum atomic E-state index is 5.59. The molecule has 6 heteroatoms. The summed E-state index contributed by atoms with van der Waals surface area (Å²) < 4.78 is 1.30. The van der Waals surface area contributed by atoms with Crippen molar-refractivity contribution in [1.82, 2.24) is 14.9 Å². The van der Waals surface area contributed by atoms with Crippen LogP contribution in [0.3, 0.4) is 0 Å². The van der Waals surface area contributed by atoms with E-state index in [9.17, 15) is 0 Å². The van der Waals surface area contributed by atoms with E-state index in [-0.39, 0.29) is 5.95 Å². The van der Waals surface area contributed by atoms with Gasteiger partial charge in [-0.25, -0.2) is 4.68 Å². The first-order valence-corrected chi connectivity index (χ1v) is 4.33. The summed E-state index contributed by atoms with van der Waals surface area (Å²) in [5, 5.41) is 7.52. The molecule has 0 saturated heterocycles. The van der Waals surface area contributed by atoms with E-state index in [0.717, 1.165) is 12.8 Å². The zero-order valence-electron chi connectivity index (χ0n) is 7.77. The van der Waals surface area contributed by atoms with Gasteiger partial charge >= 0.3 is 0 Å². The largest absolute Gasteiger partial charge is 0.366 e. The Hall–Kier alpha value is -1.30. The number of rotatable bonds is 4. The predicted molar refractivity (Wildman–Crippen MR) is 51.1 cm³/mol. The van der Waals surface area contributed by atoms with Crippen LogP contribution < -0.4 is 17.3 Å². The summed E-state index contributed by atoms with van der Waals surface area (Å²) in [7, 11) is 0. The van der Waals surface area contributed by atoms with Crippen LogP contribution in [0.1, 0.15) is 19.2 Å². The summed E-state index contributed by atoms with van der Waals surface area (Å²) in [4.78, 5) is 0. The Morgan fingerprint density at radius 2 is 2.15 bits per heavy atom. The molecule has 0 radical (unpaired) electrons. The van der Waals surface area contributed by atoms with Gasteiger partial charge in [-0.3, -0.25) is 0 Å². The van der Waals surface area contributed by atoms with Crippen molar-refractivity contribution in [3.05, 3.63) is 5.82 Å². The molecule has 74 valence electrons. The molecule has 1 aromatic heterocycles. The van der Waals surface area contributed by atoms with Crippen molar-refractivity contribution in [2.45, 2.75) is 19.8 Å². The lowest BCUT2D eigenvalue weighted by Crippen LogP contribution is -2.21. The maximum Gasteiger partial charge on any atom is 0.240 e. The van der Waals surface area contributed by atoms with Gasteiger partial charge in [0.15, 0.2) is 5.82 Å². The smallest absolute Gasteiger partial charge is 0.240 e. The van der Waals surface area contributed by atoms with Gasteiger partial charge in [-0.1, -0.05) is 13.3 Å². The Morgan fingerprint density at radius 3 is 2.54 bits per heavy atom. The molecule has 1 unspecified atom stereocenters. The van der Waals surface area contributed by atoms with Crippen molar-refractivity contribution >= 4 is 5.95 Å². The van der Waals surface area contributed by atoms with Gasteiger partial charge in [0, 0.05) is 6.42 Å². The van der Waals surface area contributed by atoms with Gasteiger partial charge in [0.2, 0.25) is 5.95 Å². The zero-order valence-corrected chi connectivity index (χ0v) is 7.77.